The van der Waals surface area contributed by atoms with Crippen LogP contribution in [-0.4, -0.2) is 511 Å². The zero-order chi connectivity index (χ0) is 81.9. The fraction of sp³-hybridized carbons (Fsp3) is 1.00. The van der Waals surface area contributed by atoms with Gasteiger partial charge in [-0.15, -0.1) is 0 Å². The molecular formula is C65H146K2O43. The minimum absolute atomic E-state index is 0. The summed E-state index contributed by atoms with van der Waals surface area (Å²) < 4.78 is 91.9. The van der Waals surface area contributed by atoms with Gasteiger partial charge >= 0.3 is 103 Å². The second kappa shape index (κ2) is 92.8. The van der Waals surface area contributed by atoms with Crippen molar-refractivity contribution >= 4 is 0 Å². The van der Waals surface area contributed by atoms with Crippen molar-refractivity contribution in [3.05, 3.63) is 0 Å². The van der Waals surface area contributed by atoms with Gasteiger partial charge in [0.25, 0.3) is 0 Å². The van der Waals surface area contributed by atoms with Crippen molar-refractivity contribution in [2.24, 2.45) is 11.3 Å². The van der Waals surface area contributed by atoms with Gasteiger partial charge in [-0.2, -0.15) is 7.11 Å². The molecular weight excluding hydrogens is 1550 g/mol. The molecule has 0 bridgehead atoms. The molecule has 26 N–H and O–H groups in total. The zero-order valence-corrected chi connectivity index (χ0v) is 71.7. The van der Waals surface area contributed by atoms with Crippen molar-refractivity contribution in [1.29, 1.82) is 0 Å². The summed E-state index contributed by atoms with van der Waals surface area (Å²) in [7, 11) is 3.24. The van der Waals surface area contributed by atoms with Crippen LogP contribution in [0.15, 0.2) is 0 Å². The molecule has 0 amide bonds. The molecule has 0 aromatic heterocycles. The summed E-state index contributed by atoms with van der Waals surface area (Å²) in [4.78, 5) is 0. The maximum absolute atomic E-state index is 10.3. The van der Waals surface area contributed by atoms with E-state index in [1.54, 1.807) is 0 Å². The number of hydrogen-bond donors (Lipinski definition) is 24. The van der Waals surface area contributed by atoms with Gasteiger partial charge in [-0.25, -0.2) is 0 Å². The summed E-state index contributed by atoms with van der Waals surface area (Å²) in [5, 5.41) is 228. The maximum Gasteiger partial charge on any atom is 1.00 e. The minimum Gasteiger partial charge on any atom is -1.00 e. The Hall–Kier alpha value is 1.55. The van der Waals surface area contributed by atoms with Gasteiger partial charge in [-0.05, 0) is 12.8 Å². The Balaban J connectivity index is -0.000000186. The molecule has 0 saturated carbocycles. The molecule has 1 heterocycles. The van der Waals surface area contributed by atoms with Crippen LogP contribution in [0.2, 0.25) is 0 Å². The van der Waals surface area contributed by atoms with Crippen LogP contribution < -0.4 is 108 Å². The second-order valence-electron chi connectivity index (χ2n) is 24.0. The summed E-state index contributed by atoms with van der Waals surface area (Å²) in [6.45, 7) is -1.43. The predicted octanol–water partition coefficient (Wildman–Crippen LogP) is -19.2. The largest absolute Gasteiger partial charge is 1.00 e. The monoisotopic (exact) mass is 1700 g/mol. The third-order valence-corrected chi connectivity index (χ3v) is 13.8. The number of rotatable bonds is 71. The number of aliphatic hydroxyl groups is 24. The van der Waals surface area contributed by atoms with E-state index in [1.165, 1.54) is 7.11 Å². The summed E-state index contributed by atoms with van der Waals surface area (Å²) in [5.41, 5.74) is -0.667. The van der Waals surface area contributed by atoms with Crippen molar-refractivity contribution in [3.8, 4) is 0 Å². The molecule has 45 heteroatoms. The molecule has 0 aromatic rings. The Bertz CT molecular complexity index is 1740. The van der Waals surface area contributed by atoms with E-state index in [1.807, 2.05) is 13.8 Å². The summed E-state index contributed by atoms with van der Waals surface area (Å²) in [5.74, 6) is -0.0993. The standard InChI is InChI=1S/C38H78O24.C16H34O11.C6H14O3.C3H6O2.CH4O.CH3O.2K.H2O.2H2.H/c1-2-27(8-52-13-32(48)17-57-18-33(49)14-54-10-28(44)3-39)9-53-22-37(23-58-19-34(50)15-55-11-29(45)4-40)62-26-38(61-25-36(7-43)60-21-31(47)6-42)24-59-20-35(51)16-56-12-30(46)5-41;1-23-9-16(27-11-15(4-19)26-8-13(21)3-18)10-25-7-14(22)6-24-5-12(20)2-17;1-2-6(3-7,4-8)5-9;4-1-3-2-5-3;2*1-2;;;;;;/h27-51H,2-26H2,1H3;12-22H,2-11H2,1H3;7-9H,2-5H2,1H3;3-4H,1-2H2;2H,1H3;1H3;;;1H2;2*1H;/q;;;;;-1;2*+1;;;;-1/i;;;;;;;;;1+2;1+1;. The topological polar surface area (TPSA) is 700 Å². The third kappa shape index (κ3) is 83.2. The molecule has 0 aliphatic carbocycles. The van der Waals surface area contributed by atoms with Crippen LogP contribution in [-0.2, 0) is 80.5 Å². The molecule has 0 spiro atoms. The molecule has 1 fully saturated rings. The van der Waals surface area contributed by atoms with E-state index in [9.17, 15) is 61.3 Å². The predicted molar refractivity (Wildman–Crippen MR) is 379 cm³/mol. The van der Waals surface area contributed by atoms with Gasteiger partial charge in [0.05, 0.1) is 258 Å². The molecule has 1 saturated heterocycles. The summed E-state index contributed by atoms with van der Waals surface area (Å²) in [6, 6.07) is 0. The first-order chi connectivity index (χ1) is 51.4. The first kappa shape index (κ1) is 127. The smallest absolute Gasteiger partial charge is 1.00 e. The zero-order valence-electron chi connectivity index (χ0n) is 66.5. The molecule has 1 aliphatic rings. The van der Waals surface area contributed by atoms with E-state index in [2.05, 4.69) is 4.74 Å². The van der Waals surface area contributed by atoms with E-state index in [-0.39, 0.29) is 329 Å². The van der Waals surface area contributed by atoms with Gasteiger partial charge in [0.1, 0.15) is 104 Å². The van der Waals surface area contributed by atoms with Crippen molar-refractivity contribution in [1.82, 2.24) is 0 Å². The molecule has 18 atom stereocenters. The fourth-order valence-corrected chi connectivity index (χ4v) is 7.09. The van der Waals surface area contributed by atoms with Gasteiger partial charge in [0.2, 0.25) is 0 Å². The Morgan fingerprint density at radius 1 is 0.336 bits per heavy atom. The van der Waals surface area contributed by atoms with E-state index in [0.717, 1.165) is 20.8 Å². The number of aliphatic hydroxyl groups excluding tert-OH is 24. The van der Waals surface area contributed by atoms with E-state index in [4.69, 9.17) is 142 Å². The molecule has 18 unspecified atom stereocenters. The molecule has 110 heavy (non-hydrogen) atoms. The first-order valence-corrected chi connectivity index (χ1v) is 35.0. The van der Waals surface area contributed by atoms with Crippen molar-refractivity contribution in [2.45, 2.75) is 130 Å². The van der Waals surface area contributed by atoms with Crippen LogP contribution in [0.3, 0.4) is 0 Å². The van der Waals surface area contributed by atoms with Gasteiger partial charge in [0.15, 0.2) is 0 Å². The van der Waals surface area contributed by atoms with Crippen LogP contribution in [0.25, 0.3) is 0 Å². The minimum atomic E-state index is -1.17. The summed E-state index contributed by atoms with van der Waals surface area (Å²) in [6.07, 6.45) is -13.7. The number of methoxy groups -OCH3 is 1. The molecule has 1 aliphatic heterocycles. The number of hydrogen-bond acceptors (Lipinski definition) is 42. The Kier molecular flexibility index (Phi) is 107. The number of ether oxygens (including phenoxy) is 17. The Morgan fingerprint density at radius 3 is 0.745 bits per heavy atom. The van der Waals surface area contributed by atoms with Crippen molar-refractivity contribution < 1.29 is 321 Å². The van der Waals surface area contributed by atoms with Crippen molar-refractivity contribution in [2.75, 3.05) is 279 Å². The quantitative estimate of drug-likeness (QED) is 0.0199. The molecule has 1 rings (SSSR count). The van der Waals surface area contributed by atoms with Gasteiger partial charge in [0, 0.05) is 28.4 Å². The van der Waals surface area contributed by atoms with Crippen LogP contribution in [0.4, 0.5) is 0 Å². The van der Waals surface area contributed by atoms with Crippen LogP contribution >= 0.6 is 0 Å². The van der Waals surface area contributed by atoms with Crippen LogP contribution in [0.5, 0.6) is 0 Å². The Morgan fingerprint density at radius 2 is 0.545 bits per heavy atom. The second-order valence-corrected chi connectivity index (χ2v) is 24.0. The van der Waals surface area contributed by atoms with Crippen molar-refractivity contribution in [3.63, 3.8) is 0 Å². The molecule has 0 radical (unpaired) electrons. The van der Waals surface area contributed by atoms with Gasteiger partial charge < -0.3 is 215 Å². The van der Waals surface area contributed by atoms with Gasteiger partial charge in [-0.3, -0.25) is 0 Å². The third-order valence-electron chi connectivity index (χ3n) is 13.8. The molecule has 0 aromatic carbocycles. The van der Waals surface area contributed by atoms with E-state index < -0.39 is 149 Å². The molecule has 666 valence electrons. The first-order valence-electron chi connectivity index (χ1n) is 35.0. The number of epoxide rings is 1. The van der Waals surface area contributed by atoms with E-state index >= 15 is 0 Å². The van der Waals surface area contributed by atoms with Gasteiger partial charge in [-0.1, -0.05) is 13.8 Å². The normalized spacial score (nSPS) is 17.1. The molecule has 43 nitrogen and oxygen atoms in total. The van der Waals surface area contributed by atoms with E-state index in [0.29, 0.717) is 12.8 Å². The SMILES string of the molecule is CCC(CO)(CO)CO.CCC(COCC(O)COCC(O)COCC(O)CO)COCC(COCC(O)COCC(O)CO)OCC(COCC(O)COCC(O)CO)OCC(CO)OCC(O)CO.CO.COCC(COCC(O)COCC(O)CO)OCC(CO)OCC(O)CO.C[O-].O.OCC1CO1.[2HH].[3HH].[H-].[K+].[K+]. The summed E-state index contributed by atoms with van der Waals surface area (Å²) >= 11 is 0. The average Bonchev–Trinajstić information content (AvgIpc) is 1.72. The fourth-order valence-electron chi connectivity index (χ4n) is 7.09. The maximum atomic E-state index is 10.3. The Labute approximate surface area is 735 Å². The van der Waals surface area contributed by atoms with Crippen LogP contribution in [0, 0.1) is 11.3 Å². The average molecular weight is 1700 g/mol. The van der Waals surface area contributed by atoms with Crippen LogP contribution in [0.1, 0.15) is 31.0 Å².